The SMILES string of the molecule is CCC(C)(C)c1nnc2ccc(O[C@@H]3C=C[C@](C=O)(NC(=O)Nc4cc(C(=O)NCCN(C)C)nc(C(C)(C)C)c4)c4ccccc43)cn12. The molecule has 0 fully saturated rings. The zero-order valence-electron chi connectivity index (χ0n) is 29.5. The van der Waals surface area contributed by atoms with Crippen LogP contribution in [0.15, 0.2) is 66.9 Å². The molecule has 2 atom stereocenters. The molecule has 3 amide bonds. The van der Waals surface area contributed by atoms with E-state index in [0.717, 1.165) is 23.5 Å². The summed E-state index contributed by atoms with van der Waals surface area (Å²) in [5.74, 6) is 1.10. The van der Waals surface area contributed by atoms with Crippen LogP contribution >= 0.6 is 0 Å². The van der Waals surface area contributed by atoms with Crippen molar-refractivity contribution in [3.05, 3.63) is 95.2 Å². The Bertz CT molecular complexity index is 1890. The molecule has 1 aliphatic carbocycles. The number of likely N-dealkylation sites (N-methyl/N-ethyl adjacent to an activating group) is 1. The maximum Gasteiger partial charge on any atom is 0.320 e. The molecule has 0 radical (unpaired) electrons. The number of ether oxygens (including phenoxy) is 1. The van der Waals surface area contributed by atoms with Gasteiger partial charge in [0.05, 0.1) is 6.20 Å². The molecule has 0 unspecified atom stereocenters. The predicted molar refractivity (Wildman–Crippen MR) is 189 cm³/mol. The van der Waals surface area contributed by atoms with Gasteiger partial charge < -0.3 is 25.6 Å². The molecule has 5 rings (SSSR count). The number of pyridine rings is 2. The van der Waals surface area contributed by atoms with Crippen molar-refractivity contribution >= 4 is 29.6 Å². The molecule has 0 saturated carbocycles. The normalized spacial score (nSPS) is 17.4. The molecule has 3 N–H and O–H groups in total. The number of urea groups is 1. The molecule has 12 heteroatoms. The fourth-order valence-corrected chi connectivity index (χ4v) is 5.54. The number of carbonyl (C=O) groups excluding carboxylic acids is 3. The lowest BCUT2D eigenvalue weighted by Gasteiger charge is -2.34. The molecular weight excluding hydrogens is 620 g/mol. The number of benzene rings is 1. The summed E-state index contributed by atoms with van der Waals surface area (Å²) in [7, 11) is 3.85. The van der Waals surface area contributed by atoms with E-state index in [1.54, 1.807) is 24.3 Å². The highest BCUT2D eigenvalue weighted by atomic mass is 16.5. The van der Waals surface area contributed by atoms with Crippen molar-refractivity contribution in [3.63, 3.8) is 0 Å². The van der Waals surface area contributed by atoms with Gasteiger partial charge in [-0.05, 0) is 62.5 Å². The number of hydrogen-bond donors (Lipinski definition) is 3. The van der Waals surface area contributed by atoms with E-state index in [1.807, 2.05) is 80.7 Å². The zero-order valence-corrected chi connectivity index (χ0v) is 29.5. The van der Waals surface area contributed by atoms with Crippen LogP contribution in [0.2, 0.25) is 0 Å². The number of nitrogens with zero attached hydrogens (tertiary/aromatic N) is 5. The molecule has 12 nitrogen and oxygen atoms in total. The molecule has 1 aromatic carbocycles. The molecule has 3 heterocycles. The molecule has 0 bridgehead atoms. The standard InChI is InChI=1S/C37H46N8O4/c1-9-36(5,6)33-43-42-31-15-14-25(22-45(31)33)49-29-16-17-37(23-46,27-13-11-10-12-26(27)29)41-34(48)39-24-20-28(32(47)38-18-19-44(7)8)40-30(21-24)35(2,3)4/h10-17,20-23,29H,9,18-19H2,1-8H3,(H,38,47)(H2,39,40,41,48)/t29-,37-/m1/s1. The van der Waals surface area contributed by atoms with Gasteiger partial charge in [-0.2, -0.15) is 0 Å². The van der Waals surface area contributed by atoms with Crippen LogP contribution in [0, 0.1) is 0 Å². The molecule has 258 valence electrons. The Morgan fingerprint density at radius 3 is 2.51 bits per heavy atom. The number of carbonyl (C=O) groups is 3. The van der Waals surface area contributed by atoms with Gasteiger partial charge in [0, 0.05) is 40.9 Å². The van der Waals surface area contributed by atoms with E-state index in [9.17, 15) is 14.4 Å². The Balaban J connectivity index is 1.39. The highest BCUT2D eigenvalue weighted by Crippen LogP contribution is 2.37. The first-order valence-electron chi connectivity index (χ1n) is 16.5. The quantitative estimate of drug-likeness (QED) is 0.145. The number of amides is 3. The van der Waals surface area contributed by atoms with Crippen molar-refractivity contribution in [2.45, 2.75) is 70.4 Å². The van der Waals surface area contributed by atoms with Gasteiger partial charge in [0.1, 0.15) is 28.9 Å². The van der Waals surface area contributed by atoms with Crippen LogP contribution in [0.1, 0.15) is 87.2 Å². The minimum atomic E-state index is -1.47. The van der Waals surface area contributed by atoms with Gasteiger partial charge in [0.15, 0.2) is 11.9 Å². The number of fused-ring (bicyclic) bond motifs is 2. The molecule has 0 aliphatic heterocycles. The average molecular weight is 667 g/mol. The molecule has 49 heavy (non-hydrogen) atoms. The van der Waals surface area contributed by atoms with Gasteiger partial charge in [0.25, 0.3) is 5.91 Å². The lowest BCUT2D eigenvalue weighted by atomic mass is 9.81. The third-order valence-electron chi connectivity index (χ3n) is 8.81. The lowest BCUT2D eigenvalue weighted by Crippen LogP contribution is -2.49. The first-order chi connectivity index (χ1) is 23.2. The summed E-state index contributed by atoms with van der Waals surface area (Å²) in [5.41, 5.74) is 1.17. The van der Waals surface area contributed by atoms with E-state index >= 15 is 0 Å². The second-order valence-electron chi connectivity index (χ2n) is 14.3. The van der Waals surface area contributed by atoms with Crippen molar-refractivity contribution in [3.8, 4) is 5.75 Å². The second-order valence-corrected chi connectivity index (χ2v) is 14.3. The molecule has 1 aliphatic rings. The summed E-state index contributed by atoms with van der Waals surface area (Å²) in [6.07, 6.45) is 6.35. The van der Waals surface area contributed by atoms with Gasteiger partial charge in [-0.3, -0.25) is 14.0 Å². The van der Waals surface area contributed by atoms with E-state index in [4.69, 9.17) is 4.74 Å². The first kappa shape index (κ1) is 35.2. The van der Waals surface area contributed by atoms with Crippen LogP contribution in [0.25, 0.3) is 5.65 Å². The highest BCUT2D eigenvalue weighted by molar-refractivity contribution is 5.96. The van der Waals surface area contributed by atoms with E-state index in [1.165, 1.54) is 6.07 Å². The molecular formula is C37H46N8O4. The topological polar surface area (TPSA) is 143 Å². The Morgan fingerprint density at radius 1 is 1.06 bits per heavy atom. The number of anilines is 1. The van der Waals surface area contributed by atoms with Gasteiger partial charge in [-0.25, -0.2) is 9.78 Å². The number of nitrogens with one attached hydrogen (secondary N) is 3. The third-order valence-corrected chi connectivity index (χ3v) is 8.81. The summed E-state index contributed by atoms with van der Waals surface area (Å²) in [5, 5.41) is 17.3. The maximum atomic E-state index is 13.6. The largest absolute Gasteiger partial charge is 0.480 e. The second kappa shape index (κ2) is 13.8. The maximum absolute atomic E-state index is 13.6. The highest BCUT2D eigenvalue weighted by Gasteiger charge is 2.38. The number of rotatable bonds is 11. The summed E-state index contributed by atoms with van der Waals surface area (Å²) in [6.45, 7) is 13.4. The van der Waals surface area contributed by atoms with Crippen molar-refractivity contribution in [2.24, 2.45) is 0 Å². The predicted octanol–water partition coefficient (Wildman–Crippen LogP) is 5.31. The van der Waals surface area contributed by atoms with Crippen molar-refractivity contribution in [1.82, 2.24) is 35.1 Å². The first-order valence-corrected chi connectivity index (χ1v) is 16.5. The van der Waals surface area contributed by atoms with E-state index < -0.39 is 23.1 Å². The average Bonchev–Trinajstić information content (AvgIpc) is 3.49. The summed E-state index contributed by atoms with van der Waals surface area (Å²) < 4.78 is 8.41. The minimum absolute atomic E-state index is 0.185. The van der Waals surface area contributed by atoms with Gasteiger partial charge in [-0.1, -0.05) is 65.8 Å². The van der Waals surface area contributed by atoms with Crippen molar-refractivity contribution in [1.29, 1.82) is 0 Å². The summed E-state index contributed by atoms with van der Waals surface area (Å²) in [4.78, 5) is 45.9. The third kappa shape index (κ3) is 7.64. The summed E-state index contributed by atoms with van der Waals surface area (Å²) in [6, 6.07) is 13.7. The molecule has 0 saturated heterocycles. The van der Waals surface area contributed by atoms with Crippen LogP contribution in [0.5, 0.6) is 5.75 Å². The number of hydrogen-bond acceptors (Lipinski definition) is 8. The lowest BCUT2D eigenvalue weighted by molar-refractivity contribution is -0.111. The van der Waals surface area contributed by atoms with Crippen LogP contribution in [-0.4, -0.2) is 69.9 Å². The Hall–Kier alpha value is -5.10. The molecule has 4 aromatic rings. The Morgan fingerprint density at radius 2 is 1.82 bits per heavy atom. The Kier molecular flexibility index (Phi) is 9.91. The fraction of sp³-hybridized carbons (Fsp3) is 0.405. The van der Waals surface area contributed by atoms with Gasteiger partial charge in [-0.15, -0.1) is 10.2 Å². The fourth-order valence-electron chi connectivity index (χ4n) is 5.54. The van der Waals surface area contributed by atoms with Crippen LogP contribution < -0.4 is 20.7 Å². The van der Waals surface area contributed by atoms with E-state index in [0.29, 0.717) is 42.1 Å². The van der Waals surface area contributed by atoms with Crippen molar-refractivity contribution < 1.29 is 19.1 Å². The van der Waals surface area contributed by atoms with Gasteiger partial charge in [0.2, 0.25) is 0 Å². The number of aldehydes is 1. The summed E-state index contributed by atoms with van der Waals surface area (Å²) >= 11 is 0. The minimum Gasteiger partial charge on any atom is -0.480 e. The van der Waals surface area contributed by atoms with Crippen LogP contribution in [-0.2, 0) is 21.2 Å². The van der Waals surface area contributed by atoms with Crippen LogP contribution in [0.4, 0.5) is 10.5 Å². The molecule has 0 spiro atoms. The van der Waals surface area contributed by atoms with E-state index in [2.05, 4.69) is 51.9 Å². The van der Waals surface area contributed by atoms with Crippen LogP contribution in [0.3, 0.4) is 0 Å². The van der Waals surface area contributed by atoms with Crippen molar-refractivity contribution in [2.75, 3.05) is 32.5 Å². The Labute approximate surface area is 287 Å². The van der Waals surface area contributed by atoms with E-state index in [-0.39, 0.29) is 17.0 Å². The monoisotopic (exact) mass is 666 g/mol. The smallest absolute Gasteiger partial charge is 0.320 e. The molecule has 3 aromatic heterocycles. The van der Waals surface area contributed by atoms with Gasteiger partial charge >= 0.3 is 6.03 Å². The zero-order chi connectivity index (χ0) is 35.6. The number of aromatic nitrogens is 4.